The molecule has 0 unspecified atom stereocenters. The summed E-state index contributed by atoms with van der Waals surface area (Å²) >= 11 is 0. The Morgan fingerprint density at radius 1 is 1.41 bits per heavy atom. The highest BCUT2D eigenvalue weighted by molar-refractivity contribution is 5.90. The van der Waals surface area contributed by atoms with Crippen molar-refractivity contribution in [2.24, 2.45) is 0 Å². The number of ether oxygens (including phenoxy) is 1. The molecule has 7 nitrogen and oxygen atoms in total. The van der Waals surface area contributed by atoms with Crippen LogP contribution in [-0.4, -0.2) is 30.2 Å². The number of anilines is 1. The molecule has 2 rings (SSSR count). The maximum atomic E-state index is 11.8. The maximum Gasteiger partial charge on any atom is 0.319 e. The zero-order chi connectivity index (χ0) is 15.9. The van der Waals surface area contributed by atoms with Gasteiger partial charge in [-0.25, -0.2) is 4.79 Å². The van der Waals surface area contributed by atoms with E-state index in [0.29, 0.717) is 30.5 Å². The molecule has 1 aliphatic rings. The normalized spacial score (nSPS) is 14.8. The molecule has 1 fully saturated rings. The van der Waals surface area contributed by atoms with Gasteiger partial charge in [0.15, 0.2) is 0 Å². The van der Waals surface area contributed by atoms with Crippen LogP contribution in [0, 0.1) is 17.0 Å². The number of carbonyl (C=O) groups is 1. The minimum absolute atomic E-state index is 0.00780. The van der Waals surface area contributed by atoms with Crippen molar-refractivity contribution in [1.82, 2.24) is 5.32 Å². The molecule has 1 aromatic rings. The first-order valence-corrected chi connectivity index (χ1v) is 7.48. The van der Waals surface area contributed by atoms with E-state index in [4.69, 9.17) is 4.74 Å². The zero-order valence-corrected chi connectivity index (χ0v) is 12.6. The van der Waals surface area contributed by atoms with E-state index >= 15 is 0 Å². The molecular formula is C15H21N3O4. The molecule has 2 N–H and O–H groups in total. The van der Waals surface area contributed by atoms with E-state index in [1.54, 1.807) is 6.92 Å². The van der Waals surface area contributed by atoms with Crippen molar-refractivity contribution >= 4 is 17.4 Å². The second-order valence-electron chi connectivity index (χ2n) is 5.41. The van der Waals surface area contributed by atoms with Crippen LogP contribution in [0.3, 0.4) is 0 Å². The van der Waals surface area contributed by atoms with E-state index in [-0.39, 0.29) is 11.7 Å². The standard InChI is InChI=1S/C15H21N3O4/c1-11-10-12(18(20)21)6-7-14(11)17-15(19)16-8-9-22-13-4-2-3-5-13/h6-7,10,13H,2-5,8-9H2,1H3,(H2,16,17,19). The third-order valence-electron chi connectivity index (χ3n) is 3.71. The van der Waals surface area contributed by atoms with Crippen molar-refractivity contribution in [1.29, 1.82) is 0 Å². The minimum atomic E-state index is -0.461. The van der Waals surface area contributed by atoms with Crippen LogP contribution in [0.5, 0.6) is 0 Å². The third-order valence-corrected chi connectivity index (χ3v) is 3.71. The van der Waals surface area contributed by atoms with Crippen molar-refractivity contribution in [3.8, 4) is 0 Å². The fourth-order valence-electron chi connectivity index (χ4n) is 2.51. The van der Waals surface area contributed by atoms with Gasteiger partial charge in [-0.05, 0) is 31.4 Å². The van der Waals surface area contributed by atoms with Crippen LogP contribution in [0.15, 0.2) is 18.2 Å². The number of benzene rings is 1. The molecule has 0 aromatic heterocycles. The summed E-state index contributed by atoms with van der Waals surface area (Å²) in [4.78, 5) is 22.0. The second-order valence-corrected chi connectivity index (χ2v) is 5.41. The van der Waals surface area contributed by atoms with Gasteiger partial charge in [0, 0.05) is 24.4 Å². The first-order valence-electron chi connectivity index (χ1n) is 7.48. The number of hydrogen-bond donors (Lipinski definition) is 2. The molecule has 1 aliphatic carbocycles. The van der Waals surface area contributed by atoms with E-state index < -0.39 is 4.92 Å². The van der Waals surface area contributed by atoms with Crippen LogP contribution in [-0.2, 0) is 4.74 Å². The van der Waals surface area contributed by atoms with Crippen LogP contribution < -0.4 is 10.6 Å². The van der Waals surface area contributed by atoms with Gasteiger partial charge in [0.1, 0.15) is 0 Å². The summed E-state index contributed by atoms with van der Waals surface area (Å²) in [5.41, 5.74) is 1.21. The van der Waals surface area contributed by atoms with Gasteiger partial charge in [-0.3, -0.25) is 10.1 Å². The lowest BCUT2D eigenvalue weighted by Gasteiger charge is -2.12. The third kappa shape index (κ3) is 4.70. The molecule has 0 heterocycles. The van der Waals surface area contributed by atoms with Crippen LogP contribution in [0.1, 0.15) is 31.2 Å². The molecule has 1 aromatic carbocycles. The van der Waals surface area contributed by atoms with Gasteiger partial charge in [0.05, 0.1) is 17.6 Å². The molecule has 0 saturated heterocycles. The Kier molecular flexibility index (Phi) is 5.71. The van der Waals surface area contributed by atoms with E-state index in [2.05, 4.69) is 10.6 Å². The maximum absolute atomic E-state index is 11.8. The molecule has 0 spiro atoms. The highest BCUT2D eigenvalue weighted by Crippen LogP contribution is 2.21. The van der Waals surface area contributed by atoms with E-state index in [1.807, 2.05) is 0 Å². The number of amides is 2. The molecule has 120 valence electrons. The number of aryl methyl sites for hydroxylation is 1. The Hall–Kier alpha value is -2.15. The van der Waals surface area contributed by atoms with E-state index in [1.165, 1.54) is 31.0 Å². The quantitative estimate of drug-likeness (QED) is 0.480. The Labute approximate surface area is 129 Å². The number of urea groups is 1. The summed E-state index contributed by atoms with van der Waals surface area (Å²) in [6.07, 6.45) is 4.99. The topological polar surface area (TPSA) is 93.5 Å². The van der Waals surface area contributed by atoms with Crippen molar-refractivity contribution < 1.29 is 14.5 Å². The summed E-state index contributed by atoms with van der Waals surface area (Å²) in [6.45, 7) is 2.65. The predicted octanol–water partition coefficient (Wildman–Crippen LogP) is 2.98. The number of nitrogens with one attached hydrogen (secondary N) is 2. The smallest absolute Gasteiger partial charge is 0.319 e. The average Bonchev–Trinajstić information content (AvgIpc) is 2.99. The molecule has 0 atom stereocenters. The van der Waals surface area contributed by atoms with Crippen molar-refractivity contribution in [3.05, 3.63) is 33.9 Å². The van der Waals surface area contributed by atoms with Gasteiger partial charge in [-0.2, -0.15) is 0 Å². The largest absolute Gasteiger partial charge is 0.376 e. The number of hydrogen-bond acceptors (Lipinski definition) is 4. The van der Waals surface area contributed by atoms with E-state index in [9.17, 15) is 14.9 Å². The molecule has 7 heteroatoms. The Morgan fingerprint density at radius 3 is 2.77 bits per heavy atom. The summed E-state index contributed by atoms with van der Waals surface area (Å²) in [5, 5.41) is 16.0. The number of non-ortho nitro benzene ring substituents is 1. The highest BCUT2D eigenvalue weighted by Gasteiger charge is 2.15. The lowest BCUT2D eigenvalue weighted by atomic mass is 10.2. The van der Waals surface area contributed by atoms with Gasteiger partial charge < -0.3 is 15.4 Å². The Bertz CT molecular complexity index is 542. The first-order chi connectivity index (χ1) is 10.6. The number of nitro groups is 1. The Balaban J connectivity index is 1.73. The summed E-state index contributed by atoms with van der Waals surface area (Å²) in [6, 6.07) is 3.99. The second kappa shape index (κ2) is 7.74. The SMILES string of the molecule is Cc1cc([N+](=O)[O-])ccc1NC(=O)NCCOC1CCCC1. The van der Waals surface area contributed by atoms with Crippen LogP contribution in [0.2, 0.25) is 0 Å². The molecule has 2 amide bonds. The fraction of sp³-hybridized carbons (Fsp3) is 0.533. The molecular weight excluding hydrogens is 286 g/mol. The molecule has 0 aliphatic heterocycles. The number of carbonyl (C=O) groups excluding carboxylic acids is 1. The Morgan fingerprint density at radius 2 is 2.14 bits per heavy atom. The van der Waals surface area contributed by atoms with Crippen LogP contribution in [0.25, 0.3) is 0 Å². The lowest BCUT2D eigenvalue weighted by Crippen LogP contribution is -2.32. The summed E-state index contributed by atoms with van der Waals surface area (Å²) in [5.74, 6) is 0. The molecule has 1 saturated carbocycles. The van der Waals surface area contributed by atoms with Crippen molar-refractivity contribution in [2.75, 3.05) is 18.5 Å². The first kappa shape index (κ1) is 16.2. The van der Waals surface area contributed by atoms with Gasteiger partial charge in [0.25, 0.3) is 5.69 Å². The van der Waals surface area contributed by atoms with E-state index in [0.717, 1.165) is 12.8 Å². The van der Waals surface area contributed by atoms with Crippen molar-refractivity contribution in [3.63, 3.8) is 0 Å². The monoisotopic (exact) mass is 307 g/mol. The number of nitro benzene ring substituents is 1. The van der Waals surface area contributed by atoms with Crippen LogP contribution >= 0.6 is 0 Å². The molecule has 22 heavy (non-hydrogen) atoms. The highest BCUT2D eigenvalue weighted by atomic mass is 16.6. The number of rotatable bonds is 6. The van der Waals surface area contributed by atoms with Gasteiger partial charge in [0.2, 0.25) is 0 Å². The van der Waals surface area contributed by atoms with Gasteiger partial charge in [-0.1, -0.05) is 12.8 Å². The van der Waals surface area contributed by atoms with Crippen LogP contribution in [0.4, 0.5) is 16.2 Å². The van der Waals surface area contributed by atoms with Crippen molar-refractivity contribution in [2.45, 2.75) is 38.7 Å². The molecule has 0 bridgehead atoms. The van der Waals surface area contributed by atoms with Gasteiger partial charge >= 0.3 is 6.03 Å². The number of nitrogens with zero attached hydrogens (tertiary/aromatic N) is 1. The lowest BCUT2D eigenvalue weighted by molar-refractivity contribution is -0.384. The average molecular weight is 307 g/mol. The summed E-state index contributed by atoms with van der Waals surface area (Å²) < 4.78 is 5.65. The minimum Gasteiger partial charge on any atom is -0.376 e. The molecule has 0 radical (unpaired) electrons. The predicted molar refractivity (Wildman–Crippen MR) is 83.1 cm³/mol. The zero-order valence-electron chi connectivity index (χ0n) is 12.6. The summed E-state index contributed by atoms with van der Waals surface area (Å²) in [7, 11) is 0. The fourth-order valence-corrected chi connectivity index (χ4v) is 2.51. The van der Waals surface area contributed by atoms with Gasteiger partial charge in [-0.15, -0.1) is 0 Å².